The number of hydrogen-bond donors (Lipinski definition) is 3. The van der Waals surface area contributed by atoms with Gasteiger partial charge >= 0.3 is 0 Å². The van der Waals surface area contributed by atoms with E-state index in [1.165, 1.54) is 0 Å². The van der Waals surface area contributed by atoms with Gasteiger partial charge in [0, 0.05) is 23.9 Å². The molecule has 2 aliphatic carbocycles. The first-order valence-electron chi connectivity index (χ1n) is 13.0. The number of carbonyl (C=O) groups excluding carboxylic acids is 2. The van der Waals surface area contributed by atoms with Gasteiger partial charge in [-0.05, 0) is 84.9 Å². The molecule has 7 heteroatoms. The minimum Gasteiger partial charge on any atom is -0.497 e. The smallest absolute Gasteiger partial charge is 0.225 e. The van der Waals surface area contributed by atoms with E-state index in [-0.39, 0.29) is 34.6 Å². The predicted octanol–water partition coefficient (Wildman–Crippen LogP) is 4.85. The van der Waals surface area contributed by atoms with Crippen molar-refractivity contribution in [3.63, 3.8) is 0 Å². The van der Waals surface area contributed by atoms with E-state index in [9.17, 15) is 14.7 Å². The number of nitrogens with one attached hydrogen (secondary N) is 2. The molecular formula is C29H40N2O4S. The van der Waals surface area contributed by atoms with Gasteiger partial charge in [0.15, 0.2) is 0 Å². The molecule has 196 valence electrons. The van der Waals surface area contributed by atoms with E-state index in [0.29, 0.717) is 38.6 Å². The Morgan fingerprint density at radius 1 is 1.08 bits per heavy atom. The van der Waals surface area contributed by atoms with Gasteiger partial charge in [-0.25, -0.2) is 0 Å². The molecule has 3 N–H and O–H groups in total. The Morgan fingerprint density at radius 3 is 2.50 bits per heavy atom. The number of amides is 2. The van der Waals surface area contributed by atoms with E-state index in [2.05, 4.69) is 24.5 Å². The van der Waals surface area contributed by atoms with Crippen LogP contribution in [0.15, 0.2) is 41.8 Å². The third-order valence-electron chi connectivity index (χ3n) is 8.55. The summed E-state index contributed by atoms with van der Waals surface area (Å²) in [6.07, 6.45) is 4.55. The van der Waals surface area contributed by atoms with Crippen molar-refractivity contribution >= 4 is 23.2 Å². The summed E-state index contributed by atoms with van der Waals surface area (Å²) in [5.41, 5.74) is 0.0755. The van der Waals surface area contributed by atoms with Gasteiger partial charge < -0.3 is 20.5 Å². The number of ether oxygens (including phenoxy) is 1. The molecule has 1 heterocycles. The van der Waals surface area contributed by atoms with Crippen molar-refractivity contribution in [1.29, 1.82) is 0 Å². The summed E-state index contributed by atoms with van der Waals surface area (Å²) in [5, 5.41) is 19.4. The van der Waals surface area contributed by atoms with Crippen molar-refractivity contribution in [3.05, 3.63) is 52.2 Å². The van der Waals surface area contributed by atoms with Crippen molar-refractivity contribution in [2.75, 3.05) is 7.11 Å². The highest BCUT2D eigenvalue weighted by molar-refractivity contribution is 7.10. The quantitative estimate of drug-likeness (QED) is 0.448. The third-order valence-corrected chi connectivity index (χ3v) is 9.43. The first-order valence-corrected chi connectivity index (χ1v) is 13.8. The first kappa shape index (κ1) is 26.7. The molecule has 1 aromatic heterocycles. The second-order valence-corrected chi connectivity index (χ2v) is 12.7. The summed E-state index contributed by atoms with van der Waals surface area (Å²) in [5.74, 6) is 1.08. The van der Waals surface area contributed by atoms with Crippen molar-refractivity contribution in [2.45, 2.75) is 83.9 Å². The van der Waals surface area contributed by atoms with E-state index in [1.54, 1.807) is 18.4 Å². The molecule has 4 unspecified atom stereocenters. The maximum Gasteiger partial charge on any atom is 0.225 e. The largest absolute Gasteiger partial charge is 0.497 e. The normalized spacial score (nSPS) is 28.8. The van der Waals surface area contributed by atoms with Gasteiger partial charge in [-0.15, -0.1) is 11.3 Å². The van der Waals surface area contributed by atoms with Crippen molar-refractivity contribution in [1.82, 2.24) is 10.6 Å². The topological polar surface area (TPSA) is 87.7 Å². The van der Waals surface area contributed by atoms with Crippen molar-refractivity contribution < 1.29 is 19.4 Å². The van der Waals surface area contributed by atoms with Gasteiger partial charge in [0.2, 0.25) is 11.8 Å². The van der Waals surface area contributed by atoms with Gasteiger partial charge in [0.25, 0.3) is 0 Å². The van der Waals surface area contributed by atoms with Crippen LogP contribution in [0.4, 0.5) is 0 Å². The molecule has 6 nitrogen and oxygen atoms in total. The fraction of sp³-hybridized carbons (Fsp3) is 0.586. The molecule has 2 aliphatic rings. The number of methoxy groups -OCH3 is 1. The summed E-state index contributed by atoms with van der Waals surface area (Å²) in [7, 11) is 1.64. The molecule has 2 aromatic rings. The molecule has 2 amide bonds. The fourth-order valence-corrected chi connectivity index (χ4v) is 7.33. The zero-order chi connectivity index (χ0) is 26.0. The Bertz CT molecular complexity index is 1050. The number of thiophene rings is 1. The van der Waals surface area contributed by atoms with Crippen LogP contribution in [0.25, 0.3) is 0 Å². The molecule has 4 atom stereocenters. The molecule has 0 aliphatic heterocycles. The monoisotopic (exact) mass is 512 g/mol. The van der Waals surface area contributed by atoms with Crippen LogP contribution in [0.3, 0.4) is 0 Å². The lowest BCUT2D eigenvalue weighted by Crippen LogP contribution is -2.53. The number of hydrogen-bond acceptors (Lipinski definition) is 5. The predicted molar refractivity (Wildman–Crippen MR) is 143 cm³/mol. The first-order chi connectivity index (χ1) is 17.0. The lowest BCUT2D eigenvalue weighted by atomic mass is 9.57. The highest BCUT2D eigenvalue weighted by Crippen LogP contribution is 2.63. The lowest BCUT2D eigenvalue weighted by Gasteiger charge is -2.50. The van der Waals surface area contributed by atoms with Crippen LogP contribution in [0, 0.1) is 16.7 Å². The second kappa shape index (κ2) is 10.5. The summed E-state index contributed by atoms with van der Waals surface area (Å²) < 4.78 is 5.20. The summed E-state index contributed by atoms with van der Waals surface area (Å²) >= 11 is 1.60. The fourth-order valence-electron chi connectivity index (χ4n) is 6.63. The standard InChI is InChI=1S/C29H40N2O4S/c1-27(2)18-24(31-26(33)16-22-6-5-15-36-22)29(14-13-28(3,34)17-23(27)29)12-11-25(32)30-19-20-7-9-21(35-4)10-8-20/h5-10,15,23-24,34H,11-14,16-19H2,1-4H3,(H,30,32)(H,31,33). The average Bonchev–Trinajstić information content (AvgIpc) is 3.41. The molecule has 2 fully saturated rings. The van der Waals surface area contributed by atoms with Crippen LogP contribution in [-0.4, -0.2) is 35.7 Å². The zero-order valence-corrected chi connectivity index (χ0v) is 22.7. The number of fused-ring (bicyclic) bond motifs is 1. The van der Waals surface area contributed by atoms with E-state index >= 15 is 0 Å². The van der Waals surface area contributed by atoms with Crippen LogP contribution in [0.1, 0.15) is 69.7 Å². The van der Waals surface area contributed by atoms with Gasteiger partial charge in [-0.1, -0.05) is 32.0 Å². The molecule has 0 bridgehead atoms. The van der Waals surface area contributed by atoms with Gasteiger partial charge in [-0.3, -0.25) is 9.59 Å². The van der Waals surface area contributed by atoms with Crippen LogP contribution < -0.4 is 15.4 Å². The van der Waals surface area contributed by atoms with Gasteiger partial charge in [0.05, 0.1) is 19.1 Å². The second-order valence-electron chi connectivity index (χ2n) is 11.7. The Balaban J connectivity index is 1.45. The van der Waals surface area contributed by atoms with Crippen LogP contribution in [0.2, 0.25) is 0 Å². The van der Waals surface area contributed by atoms with Crippen molar-refractivity contribution in [3.8, 4) is 5.75 Å². The highest BCUT2D eigenvalue weighted by Gasteiger charge is 2.61. The Morgan fingerprint density at radius 2 is 1.83 bits per heavy atom. The van der Waals surface area contributed by atoms with Crippen LogP contribution in [-0.2, 0) is 22.6 Å². The molecule has 0 saturated heterocycles. The Labute approximate surface area is 218 Å². The summed E-state index contributed by atoms with van der Waals surface area (Å²) in [6, 6.07) is 11.6. The number of aliphatic hydroxyl groups is 1. The minimum absolute atomic E-state index is 0.00421. The molecule has 1 aromatic carbocycles. The average molecular weight is 513 g/mol. The number of carbonyl (C=O) groups is 2. The van der Waals surface area contributed by atoms with E-state index in [0.717, 1.165) is 29.0 Å². The molecule has 36 heavy (non-hydrogen) atoms. The number of rotatable bonds is 9. The summed E-state index contributed by atoms with van der Waals surface area (Å²) in [4.78, 5) is 27.0. The molecule has 2 saturated carbocycles. The SMILES string of the molecule is COc1ccc(CNC(=O)CCC23CCC(C)(O)CC2C(C)(C)CC3NC(=O)Cc2cccs2)cc1. The van der Waals surface area contributed by atoms with Gasteiger partial charge in [0.1, 0.15) is 5.75 Å². The molecule has 0 radical (unpaired) electrons. The maximum absolute atomic E-state index is 13.0. The van der Waals surface area contributed by atoms with Gasteiger partial charge in [-0.2, -0.15) is 0 Å². The van der Waals surface area contributed by atoms with Crippen molar-refractivity contribution in [2.24, 2.45) is 16.7 Å². The zero-order valence-electron chi connectivity index (χ0n) is 21.9. The molecular weight excluding hydrogens is 472 g/mol. The Kier molecular flexibility index (Phi) is 7.81. The van der Waals surface area contributed by atoms with E-state index < -0.39 is 5.60 Å². The summed E-state index contributed by atoms with van der Waals surface area (Å²) in [6.45, 7) is 6.91. The van der Waals surface area contributed by atoms with E-state index in [4.69, 9.17) is 4.74 Å². The lowest BCUT2D eigenvalue weighted by molar-refractivity contribution is -0.125. The maximum atomic E-state index is 13.0. The Hall–Kier alpha value is -2.38. The van der Waals surface area contributed by atoms with E-state index in [1.807, 2.05) is 48.7 Å². The minimum atomic E-state index is -0.710. The van der Waals surface area contributed by atoms with Crippen LogP contribution in [0.5, 0.6) is 5.75 Å². The third kappa shape index (κ3) is 5.94. The van der Waals surface area contributed by atoms with Crippen LogP contribution >= 0.6 is 11.3 Å². The molecule has 4 rings (SSSR count). The molecule has 0 spiro atoms. The number of benzene rings is 1. The highest BCUT2D eigenvalue weighted by atomic mass is 32.1.